The third-order valence-electron chi connectivity index (χ3n) is 3.82. The quantitative estimate of drug-likeness (QED) is 0.370. The van der Waals surface area contributed by atoms with Gasteiger partial charge in [-0.3, -0.25) is 9.36 Å². The van der Waals surface area contributed by atoms with Crippen LogP contribution in [0.4, 0.5) is 0 Å². The molecule has 1 heterocycles. The summed E-state index contributed by atoms with van der Waals surface area (Å²) in [4.78, 5) is 17.8. The van der Waals surface area contributed by atoms with E-state index in [0.29, 0.717) is 27.5 Å². The largest absolute Gasteiger partial charge is 0.268 e. The number of hydrogen-bond donors (Lipinski definition) is 0. The van der Waals surface area contributed by atoms with Gasteiger partial charge in [-0.1, -0.05) is 41.6 Å². The van der Waals surface area contributed by atoms with Crippen molar-refractivity contribution in [2.75, 3.05) is 5.75 Å². The van der Waals surface area contributed by atoms with E-state index in [0.717, 1.165) is 23.4 Å². The molecule has 0 aliphatic heterocycles. The summed E-state index contributed by atoms with van der Waals surface area (Å²) in [5.74, 6) is 0.720. The van der Waals surface area contributed by atoms with Crippen molar-refractivity contribution < 1.29 is 0 Å². The highest BCUT2D eigenvalue weighted by molar-refractivity contribution is 7.99. The van der Waals surface area contributed by atoms with Gasteiger partial charge in [0.05, 0.1) is 22.7 Å². The monoisotopic (exact) mass is 369 g/mol. The van der Waals surface area contributed by atoms with Crippen LogP contribution in [0.15, 0.2) is 52.4 Å². The predicted molar refractivity (Wildman–Crippen MR) is 103 cm³/mol. The molecule has 0 saturated heterocycles. The van der Waals surface area contributed by atoms with Gasteiger partial charge in [0.25, 0.3) is 5.56 Å². The van der Waals surface area contributed by atoms with Crippen LogP contribution in [0.3, 0.4) is 0 Å². The summed E-state index contributed by atoms with van der Waals surface area (Å²) in [6.45, 7) is 1.97. The van der Waals surface area contributed by atoms with Gasteiger partial charge in [-0.25, -0.2) is 4.98 Å². The van der Waals surface area contributed by atoms with Crippen molar-refractivity contribution >= 4 is 34.3 Å². The molecule has 3 aromatic rings. The SMILES string of the molecule is Cc1ccccc1-n1c(SCCCC#N)nc2cc(Cl)ccc2c1=O. The highest BCUT2D eigenvalue weighted by atomic mass is 35.5. The van der Waals surface area contributed by atoms with Crippen LogP contribution in [-0.2, 0) is 0 Å². The lowest BCUT2D eigenvalue weighted by molar-refractivity contribution is 0.812. The Labute approximate surface area is 155 Å². The Bertz CT molecular complexity index is 1020. The van der Waals surface area contributed by atoms with Crippen LogP contribution in [0, 0.1) is 18.3 Å². The molecule has 6 heteroatoms. The Kier molecular flexibility index (Phi) is 5.42. The lowest BCUT2D eigenvalue weighted by Gasteiger charge is -2.15. The Balaban J connectivity index is 2.19. The molecule has 0 aliphatic rings. The number of thioether (sulfide) groups is 1. The van der Waals surface area contributed by atoms with Crippen molar-refractivity contribution in [3.05, 3.63) is 63.4 Å². The summed E-state index contributed by atoms with van der Waals surface area (Å²) in [5, 5.41) is 10.4. The van der Waals surface area contributed by atoms with E-state index in [1.54, 1.807) is 22.8 Å². The van der Waals surface area contributed by atoms with Gasteiger partial charge >= 0.3 is 0 Å². The minimum absolute atomic E-state index is 0.112. The minimum atomic E-state index is -0.112. The van der Waals surface area contributed by atoms with Crippen LogP contribution in [-0.4, -0.2) is 15.3 Å². The fraction of sp³-hybridized carbons (Fsp3) is 0.211. The molecule has 1 aromatic heterocycles. The summed E-state index contributed by atoms with van der Waals surface area (Å²) >= 11 is 7.54. The third-order valence-corrected chi connectivity index (χ3v) is 5.08. The number of aromatic nitrogens is 2. The van der Waals surface area contributed by atoms with Gasteiger partial charge in [0.2, 0.25) is 0 Å². The maximum Gasteiger partial charge on any atom is 0.266 e. The Morgan fingerprint density at radius 2 is 2.08 bits per heavy atom. The number of hydrogen-bond acceptors (Lipinski definition) is 4. The van der Waals surface area contributed by atoms with Gasteiger partial charge in [0.15, 0.2) is 5.16 Å². The van der Waals surface area contributed by atoms with Crippen molar-refractivity contribution in [2.24, 2.45) is 0 Å². The number of fused-ring (bicyclic) bond motifs is 1. The second kappa shape index (κ2) is 7.73. The first-order valence-electron chi connectivity index (χ1n) is 7.90. The van der Waals surface area contributed by atoms with Crippen molar-refractivity contribution in [3.63, 3.8) is 0 Å². The molecule has 0 amide bonds. The minimum Gasteiger partial charge on any atom is -0.268 e. The number of nitrogens with zero attached hydrogens (tertiary/aromatic N) is 3. The number of unbranched alkanes of at least 4 members (excludes halogenated alkanes) is 1. The summed E-state index contributed by atoms with van der Waals surface area (Å²) in [6.07, 6.45) is 1.24. The molecule has 0 N–H and O–H groups in total. The highest BCUT2D eigenvalue weighted by Crippen LogP contribution is 2.25. The van der Waals surface area contributed by atoms with Crippen molar-refractivity contribution in [1.82, 2.24) is 9.55 Å². The lowest BCUT2D eigenvalue weighted by atomic mass is 10.2. The zero-order chi connectivity index (χ0) is 17.8. The summed E-state index contributed by atoms with van der Waals surface area (Å²) in [5.41, 5.74) is 2.29. The number of aryl methyl sites for hydroxylation is 1. The van der Waals surface area contributed by atoms with Gasteiger partial charge < -0.3 is 0 Å². The normalized spacial score (nSPS) is 10.8. The van der Waals surface area contributed by atoms with E-state index in [1.165, 1.54) is 11.8 Å². The molecule has 126 valence electrons. The van der Waals surface area contributed by atoms with Crippen LogP contribution in [0.2, 0.25) is 5.02 Å². The highest BCUT2D eigenvalue weighted by Gasteiger charge is 2.14. The molecule has 2 aromatic carbocycles. The molecule has 25 heavy (non-hydrogen) atoms. The van der Waals surface area contributed by atoms with E-state index in [2.05, 4.69) is 11.1 Å². The predicted octanol–water partition coefficient (Wildman–Crippen LogP) is 4.74. The zero-order valence-electron chi connectivity index (χ0n) is 13.7. The molecule has 0 unspecified atom stereocenters. The number of para-hydroxylation sites is 1. The third kappa shape index (κ3) is 3.71. The van der Waals surface area contributed by atoms with Gasteiger partial charge in [0.1, 0.15) is 0 Å². The van der Waals surface area contributed by atoms with Gasteiger partial charge in [0, 0.05) is 17.2 Å². The molecule has 0 fully saturated rings. The molecular formula is C19H16ClN3OS. The lowest BCUT2D eigenvalue weighted by Crippen LogP contribution is -2.22. The second-order valence-electron chi connectivity index (χ2n) is 5.59. The van der Waals surface area contributed by atoms with Gasteiger partial charge in [-0.2, -0.15) is 5.26 Å². The van der Waals surface area contributed by atoms with Gasteiger partial charge in [-0.15, -0.1) is 0 Å². The van der Waals surface area contributed by atoms with E-state index in [-0.39, 0.29) is 5.56 Å². The molecule has 0 atom stereocenters. The number of nitriles is 1. The molecule has 0 bridgehead atoms. The smallest absolute Gasteiger partial charge is 0.266 e. The van der Waals surface area contributed by atoms with Crippen LogP contribution in [0.5, 0.6) is 0 Å². The first-order chi connectivity index (χ1) is 12.1. The van der Waals surface area contributed by atoms with Crippen LogP contribution in [0.1, 0.15) is 18.4 Å². The maximum atomic E-state index is 13.1. The fourth-order valence-corrected chi connectivity index (χ4v) is 3.69. The standard InChI is InChI=1S/C19H16ClN3OS/c1-13-6-2-3-7-17(13)23-18(24)15-9-8-14(20)12-16(15)22-19(23)25-11-5-4-10-21/h2-3,6-9,12H,4-5,11H2,1H3. The molecule has 0 spiro atoms. The first kappa shape index (κ1) is 17.5. The van der Waals surface area contributed by atoms with Crippen LogP contribution in [0.25, 0.3) is 16.6 Å². The number of halogens is 1. The second-order valence-corrected chi connectivity index (χ2v) is 7.09. The molecule has 0 aliphatic carbocycles. The van der Waals surface area contributed by atoms with E-state index in [9.17, 15) is 4.79 Å². The average molecular weight is 370 g/mol. The zero-order valence-corrected chi connectivity index (χ0v) is 15.3. The maximum absolute atomic E-state index is 13.1. The topological polar surface area (TPSA) is 58.7 Å². The molecule has 0 saturated carbocycles. The van der Waals surface area contributed by atoms with Crippen LogP contribution >= 0.6 is 23.4 Å². The van der Waals surface area contributed by atoms with Crippen molar-refractivity contribution in [1.29, 1.82) is 5.26 Å². The van der Waals surface area contributed by atoms with Gasteiger partial charge in [-0.05, 0) is 43.2 Å². The number of rotatable bonds is 5. The van der Waals surface area contributed by atoms with Crippen molar-refractivity contribution in [3.8, 4) is 11.8 Å². The first-order valence-corrected chi connectivity index (χ1v) is 9.26. The fourth-order valence-electron chi connectivity index (χ4n) is 2.58. The van der Waals surface area contributed by atoms with E-state index in [4.69, 9.17) is 16.9 Å². The number of benzene rings is 2. The molecule has 3 rings (SSSR count). The van der Waals surface area contributed by atoms with Crippen LogP contribution < -0.4 is 5.56 Å². The van der Waals surface area contributed by atoms with E-state index < -0.39 is 0 Å². The molecule has 0 radical (unpaired) electrons. The summed E-state index contributed by atoms with van der Waals surface area (Å²) in [6, 6.07) is 15.0. The molecule has 4 nitrogen and oxygen atoms in total. The van der Waals surface area contributed by atoms with Crippen molar-refractivity contribution in [2.45, 2.75) is 24.9 Å². The Hall–Kier alpha value is -2.29. The Morgan fingerprint density at radius 1 is 1.28 bits per heavy atom. The average Bonchev–Trinajstić information content (AvgIpc) is 2.60. The van der Waals surface area contributed by atoms with E-state index in [1.807, 2.05) is 31.2 Å². The Morgan fingerprint density at radius 3 is 2.84 bits per heavy atom. The van der Waals surface area contributed by atoms with E-state index >= 15 is 0 Å². The summed E-state index contributed by atoms with van der Waals surface area (Å²) in [7, 11) is 0. The molecular weight excluding hydrogens is 354 g/mol. The summed E-state index contributed by atoms with van der Waals surface area (Å²) < 4.78 is 1.66.